The summed E-state index contributed by atoms with van der Waals surface area (Å²) in [5.41, 5.74) is 1.43. The summed E-state index contributed by atoms with van der Waals surface area (Å²) in [6.45, 7) is 10.1. The van der Waals surface area contributed by atoms with E-state index in [0.717, 1.165) is 11.3 Å². The Morgan fingerprint density at radius 1 is 1.17 bits per heavy atom. The van der Waals surface area contributed by atoms with Gasteiger partial charge in [-0.05, 0) is 30.9 Å². The van der Waals surface area contributed by atoms with Gasteiger partial charge >= 0.3 is 0 Å². The van der Waals surface area contributed by atoms with E-state index in [2.05, 4.69) is 26.1 Å². The molecule has 1 N–H and O–H groups in total. The van der Waals surface area contributed by atoms with Crippen molar-refractivity contribution in [3.8, 4) is 0 Å². The van der Waals surface area contributed by atoms with Crippen molar-refractivity contribution in [1.82, 2.24) is 0 Å². The second-order valence-corrected chi connectivity index (χ2v) is 6.53. The largest absolute Gasteiger partial charge is 0.325 e. The number of rotatable bonds is 3. The van der Waals surface area contributed by atoms with Gasteiger partial charge in [-0.25, -0.2) is 0 Å². The van der Waals surface area contributed by atoms with E-state index in [4.69, 9.17) is 11.6 Å². The first-order valence-corrected chi connectivity index (χ1v) is 6.69. The van der Waals surface area contributed by atoms with Crippen LogP contribution >= 0.6 is 11.6 Å². The summed E-state index contributed by atoms with van der Waals surface area (Å²) in [5.74, 6) is 0.255. The molecule has 0 aliphatic carbocycles. The summed E-state index contributed by atoms with van der Waals surface area (Å²) in [5, 5.41) is 2.98. The van der Waals surface area contributed by atoms with E-state index in [1.54, 1.807) is 0 Å². The highest BCUT2D eigenvalue weighted by atomic mass is 35.5. The van der Waals surface area contributed by atoms with E-state index in [1.807, 2.05) is 38.1 Å². The molecule has 0 saturated carbocycles. The van der Waals surface area contributed by atoms with Crippen LogP contribution in [0.3, 0.4) is 0 Å². The summed E-state index contributed by atoms with van der Waals surface area (Å²) in [4.78, 5) is 12.1. The van der Waals surface area contributed by atoms with Crippen LogP contribution in [0.2, 0.25) is 0 Å². The molecule has 0 heterocycles. The number of halogens is 1. The van der Waals surface area contributed by atoms with Crippen LogP contribution in [0.25, 0.3) is 0 Å². The van der Waals surface area contributed by atoms with E-state index < -0.39 is 5.41 Å². The molecular weight excluding hydrogens is 246 g/mol. The van der Waals surface area contributed by atoms with Crippen molar-refractivity contribution in [3.05, 3.63) is 29.8 Å². The summed E-state index contributed by atoms with van der Waals surface area (Å²) in [7, 11) is 0. The van der Waals surface area contributed by atoms with Crippen molar-refractivity contribution in [2.75, 3.05) is 11.2 Å². The Kier molecular flexibility index (Phi) is 4.44. The van der Waals surface area contributed by atoms with E-state index >= 15 is 0 Å². The quantitative estimate of drug-likeness (QED) is 0.818. The number of carbonyl (C=O) groups is 1. The molecule has 0 atom stereocenters. The zero-order chi connectivity index (χ0) is 14.0. The lowest BCUT2D eigenvalue weighted by Gasteiger charge is -2.26. The fourth-order valence-electron chi connectivity index (χ4n) is 1.60. The number of nitrogens with one attached hydrogen (secondary N) is 1. The number of carbonyl (C=O) groups excluding carboxylic acids is 1. The molecule has 0 saturated heterocycles. The van der Waals surface area contributed by atoms with Gasteiger partial charge in [0.2, 0.25) is 5.91 Å². The van der Waals surface area contributed by atoms with Crippen LogP contribution in [-0.2, 0) is 10.2 Å². The number of amides is 1. The van der Waals surface area contributed by atoms with Gasteiger partial charge in [0, 0.05) is 11.6 Å². The highest BCUT2D eigenvalue weighted by Gasteiger charge is 2.28. The van der Waals surface area contributed by atoms with Crippen LogP contribution in [0.15, 0.2) is 24.3 Å². The Bertz CT molecular complexity index is 432. The van der Waals surface area contributed by atoms with Crippen LogP contribution in [-0.4, -0.2) is 11.8 Å². The molecule has 0 unspecified atom stereocenters. The first kappa shape index (κ1) is 15.0. The Hall–Kier alpha value is -1.02. The molecule has 0 spiro atoms. The van der Waals surface area contributed by atoms with Gasteiger partial charge in [-0.2, -0.15) is 0 Å². The highest BCUT2D eigenvalue weighted by molar-refractivity contribution is 6.20. The number of anilines is 1. The van der Waals surface area contributed by atoms with Crippen LogP contribution in [0.5, 0.6) is 0 Å². The molecule has 18 heavy (non-hydrogen) atoms. The topological polar surface area (TPSA) is 29.1 Å². The molecule has 0 radical (unpaired) electrons. The molecule has 100 valence electrons. The molecular formula is C15H22ClNO. The van der Waals surface area contributed by atoms with Gasteiger partial charge in [0.15, 0.2) is 0 Å². The SMILES string of the molecule is CC(C)(CCl)C(=O)Nc1ccccc1C(C)(C)C. The van der Waals surface area contributed by atoms with Crippen molar-refractivity contribution in [3.63, 3.8) is 0 Å². The van der Waals surface area contributed by atoms with Crippen molar-refractivity contribution >= 4 is 23.2 Å². The smallest absolute Gasteiger partial charge is 0.231 e. The van der Waals surface area contributed by atoms with Crippen LogP contribution in [0, 0.1) is 5.41 Å². The average Bonchev–Trinajstić information content (AvgIpc) is 2.28. The number of hydrogen-bond acceptors (Lipinski definition) is 1. The molecule has 0 aliphatic heterocycles. The predicted octanol–water partition coefficient (Wildman–Crippen LogP) is 4.19. The zero-order valence-electron chi connectivity index (χ0n) is 11.8. The minimum Gasteiger partial charge on any atom is -0.325 e. The molecule has 0 fully saturated rings. The third-order valence-electron chi connectivity index (χ3n) is 2.93. The van der Waals surface area contributed by atoms with Gasteiger partial charge < -0.3 is 5.32 Å². The lowest BCUT2D eigenvalue weighted by atomic mass is 9.85. The molecule has 1 rings (SSSR count). The number of hydrogen-bond donors (Lipinski definition) is 1. The minimum atomic E-state index is -0.563. The third kappa shape index (κ3) is 3.49. The zero-order valence-corrected chi connectivity index (χ0v) is 12.6. The molecule has 1 aromatic rings. The summed E-state index contributed by atoms with van der Waals surface area (Å²) in [6.07, 6.45) is 0. The monoisotopic (exact) mass is 267 g/mol. The van der Waals surface area contributed by atoms with Crippen molar-refractivity contribution in [2.24, 2.45) is 5.41 Å². The Balaban J connectivity index is 3.03. The standard InChI is InChI=1S/C15H22ClNO/c1-14(2,3)11-8-6-7-9-12(11)17-13(18)15(4,5)10-16/h6-9H,10H2,1-5H3,(H,17,18). The molecule has 1 amide bonds. The van der Waals surface area contributed by atoms with E-state index in [-0.39, 0.29) is 11.3 Å². The summed E-state index contributed by atoms with van der Waals surface area (Å²) < 4.78 is 0. The number of para-hydroxylation sites is 1. The molecule has 0 bridgehead atoms. The van der Waals surface area contributed by atoms with Crippen LogP contribution in [0.4, 0.5) is 5.69 Å². The summed E-state index contributed by atoms with van der Waals surface area (Å²) >= 11 is 5.82. The van der Waals surface area contributed by atoms with E-state index in [9.17, 15) is 4.79 Å². The fourth-order valence-corrected chi connectivity index (χ4v) is 1.72. The second-order valence-electron chi connectivity index (χ2n) is 6.27. The van der Waals surface area contributed by atoms with Gasteiger partial charge in [0.25, 0.3) is 0 Å². The highest BCUT2D eigenvalue weighted by Crippen LogP contribution is 2.30. The van der Waals surface area contributed by atoms with Crippen molar-refractivity contribution in [2.45, 2.75) is 40.0 Å². The van der Waals surface area contributed by atoms with Gasteiger partial charge in [-0.1, -0.05) is 39.0 Å². The fraction of sp³-hybridized carbons (Fsp3) is 0.533. The third-order valence-corrected chi connectivity index (χ3v) is 3.60. The minimum absolute atomic E-state index is 0.00498. The predicted molar refractivity (Wildman–Crippen MR) is 78.3 cm³/mol. The number of benzene rings is 1. The first-order chi connectivity index (χ1) is 8.18. The molecule has 2 nitrogen and oxygen atoms in total. The Morgan fingerprint density at radius 2 is 1.72 bits per heavy atom. The average molecular weight is 268 g/mol. The van der Waals surface area contributed by atoms with Crippen LogP contribution in [0.1, 0.15) is 40.2 Å². The molecule has 3 heteroatoms. The molecule has 0 aliphatic rings. The summed E-state index contributed by atoms with van der Waals surface area (Å²) in [6, 6.07) is 7.90. The Morgan fingerprint density at radius 3 is 2.22 bits per heavy atom. The van der Waals surface area contributed by atoms with Gasteiger partial charge in [0.1, 0.15) is 0 Å². The van der Waals surface area contributed by atoms with Gasteiger partial charge in [0.05, 0.1) is 5.41 Å². The van der Waals surface area contributed by atoms with Gasteiger partial charge in [-0.15, -0.1) is 11.6 Å². The second kappa shape index (κ2) is 5.31. The maximum absolute atomic E-state index is 12.1. The Labute approximate surface area is 115 Å². The van der Waals surface area contributed by atoms with E-state index in [0.29, 0.717) is 5.88 Å². The van der Waals surface area contributed by atoms with Crippen LogP contribution < -0.4 is 5.32 Å². The normalized spacial score (nSPS) is 12.3. The van der Waals surface area contributed by atoms with E-state index in [1.165, 1.54) is 0 Å². The van der Waals surface area contributed by atoms with Crippen molar-refractivity contribution < 1.29 is 4.79 Å². The lowest BCUT2D eigenvalue weighted by Crippen LogP contribution is -2.33. The maximum atomic E-state index is 12.1. The number of alkyl halides is 1. The molecule has 1 aromatic carbocycles. The lowest BCUT2D eigenvalue weighted by molar-refractivity contribution is -0.122. The van der Waals surface area contributed by atoms with Crippen molar-refractivity contribution in [1.29, 1.82) is 0 Å². The maximum Gasteiger partial charge on any atom is 0.231 e. The van der Waals surface area contributed by atoms with Gasteiger partial charge in [-0.3, -0.25) is 4.79 Å². The first-order valence-electron chi connectivity index (χ1n) is 6.15. The molecule has 0 aromatic heterocycles.